The fourth-order valence-corrected chi connectivity index (χ4v) is 4.64. The van der Waals surface area contributed by atoms with Gasteiger partial charge in [0.15, 0.2) is 17.2 Å². The van der Waals surface area contributed by atoms with Gasteiger partial charge in [-0.1, -0.05) is 23.7 Å². The Bertz CT molecular complexity index is 1340. The van der Waals surface area contributed by atoms with Crippen molar-refractivity contribution in [3.05, 3.63) is 71.2 Å². The number of aryl methyl sites for hydroxylation is 1. The number of rotatable bonds is 3. The maximum Gasteiger partial charge on any atom is 0.197 e. The zero-order valence-corrected chi connectivity index (χ0v) is 16.4. The molecule has 3 heterocycles. The monoisotopic (exact) mass is 395 g/mol. The first kappa shape index (κ1) is 17.8. The summed E-state index contributed by atoms with van der Waals surface area (Å²) in [6, 6.07) is 10.7. The standard InChI is InChI=1S/C22H14BN3O2S/c1-2-26-14(9-17-19(27)15-6-5-13(23)8-16(15)20(17)28)10-18-21(26)25-22(29-18)12-4-3-7-24-11-12/h3-11H,2H2,1H3/b17-9-. The van der Waals surface area contributed by atoms with Crippen molar-refractivity contribution in [3.63, 3.8) is 0 Å². The third kappa shape index (κ3) is 2.77. The molecule has 0 amide bonds. The number of nitrogens with zero attached hydrogens (tertiary/aromatic N) is 3. The fourth-order valence-electron chi connectivity index (χ4n) is 3.63. The van der Waals surface area contributed by atoms with Crippen LogP contribution in [0, 0.1) is 0 Å². The molecule has 3 aromatic heterocycles. The number of pyridine rings is 1. The lowest BCUT2D eigenvalue weighted by Gasteiger charge is -2.03. The van der Waals surface area contributed by atoms with Crippen LogP contribution in [0.4, 0.5) is 0 Å². The van der Waals surface area contributed by atoms with Gasteiger partial charge in [0, 0.05) is 41.3 Å². The zero-order chi connectivity index (χ0) is 20.1. The van der Waals surface area contributed by atoms with Crippen molar-refractivity contribution in [3.8, 4) is 10.6 Å². The summed E-state index contributed by atoms with van der Waals surface area (Å²) in [4.78, 5) is 34.5. The van der Waals surface area contributed by atoms with Gasteiger partial charge in [0.2, 0.25) is 0 Å². The van der Waals surface area contributed by atoms with Crippen LogP contribution in [0.25, 0.3) is 27.0 Å². The van der Waals surface area contributed by atoms with Gasteiger partial charge in [-0.3, -0.25) is 14.6 Å². The highest BCUT2D eigenvalue weighted by Gasteiger charge is 2.33. The van der Waals surface area contributed by atoms with E-state index in [1.165, 1.54) is 0 Å². The molecule has 29 heavy (non-hydrogen) atoms. The van der Waals surface area contributed by atoms with E-state index in [0.29, 0.717) is 23.1 Å². The lowest BCUT2D eigenvalue weighted by atomic mass is 9.93. The molecule has 0 unspecified atom stereocenters. The molecule has 0 atom stereocenters. The average molecular weight is 395 g/mol. The van der Waals surface area contributed by atoms with Crippen LogP contribution in [0.5, 0.6) is 0 Å². The second kappa shape index (κ2) is 6.63. The van der Waals surface area contributed by atoms with E-state index >= 15 is 0 Å². The molecule has 0 bridgehead atoms. The summed E-state index contributed by atoms with van der Waals surface area (Å²) in [7, 11) is 5.78. The number of aromatic nitrogens is 3. The molecule has 1 aromatic carbocycles. The molecule has 0 fully saturated rings. The van der Waals surface area contributed by atoms with E-state index in [4.69, 9.17) is 12.8 Å². The Morgan fingerprint density at radius 3 is 2.72 bits per heavy atom. The fraction of sp³-hybridized carbons (Fsp3) is 0.0909. The smallest absolute Gasteiger partial charge is 0.197 e. The number of hydrogen-bond donors (Lipinski definition) is 0. The molecule has 1 aliphatic rings. The summed E-state index contributed by atoms with van der Waals surface area (Å²) in [6.07, 6.45) is 5.19. The van der Waals surface area contributed by atoms with Crippen LogP contribution in [-0.4, -0.2) is 33.9 Å². The van der Waals surface area contributed by atoms with Gasteiger partial charge in [-0.15, -0.1) is 11.3 Å². The molecule has 0 saturated heterocycles. The highest BCUT2D eigenvalue weighted by atomic mass is 32.1. The third-order valence-electron chi connectivity index (χ3n) is 5.02. The van der Waals surface area contributed by atoms with Gasteiger partial charge in [0.25, 0.3) is 0 Å². The largest absolute Gasteiger partial charge is 0.325 e. The zero-order valence-electron chi connectivity index (χ0n) is 15.5. The third-order valence-corrected chi connectivity index (χ3v) is 6.06. The van der Waals surface area contributed by atoms with Crippen molar-refractivity contribution in [1.82, 2.24) is 14.5 Å². The SMILES string of the molecule is [B]c1ccc2c(c1)C(=O)/C(=C\c1cc3sc(-c4cccnc4)nc3n1CC)C2=O. The predicted octanol–water partition coefficient (Wildman–Crippen LogP) is 3.44. The van der Waals surface area contributed by atoms with Gasteiger partial charge in [-0.25, -0.2) is 4.98 Å². The van der Waals surface area contributed by atoms with Crippen LogP contribution in [0.2, 0.25) is 0 Å². The van der Waals surface area contributed by atoms with Crippen molar-refractivity contribution < 1.29 is 9.59 Å². The molecule has 5 nitrogen and oxygen atoms in total. The second-order valence-corrected chi connectivity index (χ2v) is 7.81. The highest BCUT2D eigenvalue weighted by Crippen LogP contribution is 2.34. The van der Waals surface area contributed by atoms with Gasteiger partial charge >= 0.3 is 0 Å². The second-order valence-electron chi connectivity index (χ2n) is 6.78. The molecule has 2 radical (unpaired) electrons. The molecule has 1 aliphatic carbocycles. The molecule has 5 rings (SSSR count). The molecule has 4 aromatic rings. The first-order chi connectivity index (χ1) is 14.1. The number of thiazole rings is 1. The van der Waals surface area contributed by atoms with Crippen LogP contribution >= 0.6 is 11.3 Å². The Morgan fingerprint density at radius 2 is 1.97 bits per heavy atom. The van der Waals surface area contributed by atoms with Gasteiger partial charge in [-0.2, -0.15) is 0 Å². The first-order valence-corrected chi connectivity index (χ1v) is 9.99. The van der Waals surface area contributed by atoms with Crippen molar-refractivity contribution in [2.45, 2.75) is 13.5 Å². The van der Waals surface area contributed by atoms with Gasteiger partial charge in [0.05, 0.1) is 10.3 Å². The molecule has 0 saturated carbocycles. The number of carbonyl (C=O) groups is 2. The molecular formula is C22H14BN3O2S. The Morgan fingerprint density at radius 1 is 1.14 bits per heavy atom. The van der Waals surface area contributed by atoms with E-state index in [-0.39, 0.29) is 17.1 Å². The minimum absolute atomic E-state index is 0.165. The van der Waals surface area contributed by atoms with Crippen molar-refractivity contribution in [2.75, 3.05) is 0 Å². The molecule has 0 N–H and O–H groups in total. The van der Waals surface area contributed by atoms with E-state index in [1.807, 2.05) is 29.7 Å². The Kier molecular flexibility index (Phi) is 4.06. The summed E-state index contributed by atoms with van der Waals surface area (Å²) < 4.78 is 3.01. The Balaban J connectivity index is 1.60. The van der Waals surface area contributed by atoms with Crippen LogP contribution in [0.3, 0.4) is 0 Å². The Labute approximate surface area is 172 Å². The van der Waals surface area contributed by atoms with Gasteiger partial charge in [0.1, 0.15) is 12.9 Å². The normalized spacial score (nSPS) is 14.9. The van der Waals surface area contributed by atoms with E-state index in [9.17, 15) is 9.59 Å². The number of Topliss-reactive ketones (excluding diaryl/α,β-unsaturated/α-hetero) is 2. The number of fused-ring (bicyclic) bond motifs is 2. The van der Waals surface area contributed by atoms with E-state index in [1.54, 1.807) is 48.0 Å². The highest BCUT2D eigenvalue weighted by molar-refractivity contribution is 7.21. The van der Waals surface area contributed by atoms with E-state index in [2.05, 4.69) is 4.98 Å². The minimum Gasteiger partial charge on any atom is -0.325 e. The van der Waals surface area contributed by atoms with Gasteiger partial charge in [-0.05, 0) is 31.2 Å². The lowest BCUT2D eigenvalue weighted by molar-refractivity contribution is 0.0990. The number of ketones is 2. The quantitative estimate of drug-likeness (QED) is 0.303. The molecule has 0 aliphatic heterocycles. The minimum atomic E-state index is -0.284. The van der Waals surface area contributed by atoms with Crippen LogP contribution in [0.1, 0.15) is 33.3 Å². The van der Waals surface area contributed by atoms with Crippen molar-refractivity contribution in [1.29, 1.82) is 0 Å². The molecular weight excluding hydrogens is 381 g/mol. The molecule has 0 spiro atoms. The lowest BCUT2D eigenvalue weighted by Crippen LogP contribution is -2.05. The van der Waals surface area contributed by atoms with Crippen molar-refractivity contribution >= 4 is 52.6 Å². The average Bonchev–Trinajstić information content (AvgIpc) is 3.35. The molecule has 7 heteroatoms. The first-order valence-electron chi connectivity index (χ1n) is 9.18. The topological polar surface area (TPSA) is 64.8 Å². The van der Waals surface area contributed by atoms with Crippen LogP contribution in [-0.2, 0) is 6.54 Å². The maximum absolute atomic E-state index is 12.8. The summed E-state index contributed by atoms with van der Waals surface area (Å²) in [5.74, 6) is -0.547. The number of benzene rings is 1. The van der Waals surface area contributed by atoms with Crippen LogP contribution < -0.4 is 5.46 Å². The van der Waals surface area contributed by atoms with Crippen LogP contribution in [0.15, 0.2) is 54.4 Å². The number of carbonyl (C=O) groups excluding carboxylic acids is 2. The Hall–Kier alpha value is -3.32. The van der Waals surface area contributed by atoms with Gasteiger partial charge < -0.3 is 4.57 Å². The summed E-state index contributed by atoms with van der Waals surface area (Å²) in [6.45, 7) is 2.68. The predicted molar refractivity (Wildman–Crippen MR) is 115 cm³/mol. The van der Waals surface area contributed by atoms with Crippen molar-refractivity contribution in [2.24, 2.45) is 0 Å². The summed E-state index contributed by atoms with van der Waals surface area (Å²) in [5.41, 5.74) is 4.00. The maximum atomic E-state index is 12.8. The summed E-state index contributed by atoms with van der Waals surface area (Å²) in [5, 5.41) is 0.889. The van der Waals surface area contributed by atoms with E-state index < -0.39 is 0 Å². The number of allylic oxidation sites excluding steroid dienone is 1. The van der Waals surface area contributed by atoms with E-state index in [0.717, 1.165) is 26.6 Å². The summed E-state index contributed by atoms with van der Waals surface area (Å²) >= 11 is 1.56. The number of hydrogen-bond acceptors (Lipinski definition) is 5. The molecule has 138 valence electrons.